The molecule has 4 aromatic rings. The molecule has 0 unspecified atom stereocenters. The van der Waals surface area contributed by atoms with Gasteiger partial charge in [0.15, 0.2) is 6.10 Å². The van der Waals surface area contributed by atoms with Crippen molar-refractivity contribution < 1.29 is 22.7 Å². The van der Waals surface area contributed by atoms with Crippen molar-refractivity contribution in [1.82, 2.24) is 9.62 Å². The molecule has 0 bridgehead atoms. The number of rotatable bonds is 9. The molecule has 0 aromatic heterocycles. The second-order valence-corrected chi connectivity index (χ2v) is 13.2. The van der Waals surface area contributed by atoms with Crippen LogP contribution in [0.3, 0.4) is 0 Å². The SMILES string of the molecule is Cc1cc(C)c(S(=O)(=O)N(CC(=O)N2C[C@H](C(=O)NCc3ccccc3)Oc3ccccc32)Cc2ccc(Cl)cc2)c(C)c1. The Hall–Kier alpha value is -4.18. The van der Waals surface area contributed by atoms with Crippen LogP contribution >= 0.6 is 11.6 Å². The number of ether oxygens (including phenoxy) is 1. The summed E-state index contributed by atoms with van der Waals surface area (Å²) in [5, 5.41) is 3.40. The van der Waals surface area contributed by atoms with Gasteiger partial charge in [0.2, 0.25) is 15.9 Å². The molecule has 0 saturated heterocycles. The van der Waals surface area contributed by atoms with Crippen molar-refractivity contribution in [3.05, 3.63) is 124 Å². The number of hydrogen-bond donors (Lipinski definition) is 1. The molecule has 10 heteroatoms. The molecular formula is C34H34ClN3O5S. The smallest absolute Gasteiger partial charge is 0.263 e. The summed E-state index contributed by atoms with van der Waals surface area (Å²) in [6, 6.07) is 26.9. The minimum Gasteiger partial charge on any atom is -0.477 e. The second-order valence-electron chi connectivity index (χ2n) is 10.9. The third-order valence-electron chi connectivity index (χ3n) is 7.46. The van der Waals surface area contributed by atoms with Gasteiger partial charge in [-0.05, 0) is 67.3 Å². The van der Waals surface area contributed by atoms with Gasteiger partial charge in [-0.25, -0.2) is 8.42 Å². The summed E-state index contributed by atoms with van der Waals surface area (Å²) >= 11 is 6.08. The number of fused-ring (bicyclic) bond motifs is 1. The van der Waals surface area contributed by atoms with E-state index in [2.05, 4.69) is 5.32 Å². The Morgan fingerprint density at radius 2 is 1.55 bits per heavy atom. The first-order valence-corrected chi connectivity index (χ1v) is 16.0. The summed E-state index contributed by atoms with van der Waals surface area (Å²) in [4.78, 5) is 28.9. The minimum atomic E-state index is -4.13. The largest absolute Gasteiger partial charge is 0.477 e. The van der Waals surface area contributed by atoms with Gasteiger partial charge in [0.05, 0.1) is 23.7 Å². The van der Waals surface area contributed by atoms with Crippen LogP contribution in [0.5, 0.6) is 5.75 Å². The summed E-state index contributed by atoms with van der Waals surface area (Å²) in [7, 11) is -4.13. The normalized spacial score (nSPS) is 14.6. The van der Waals surface area contributed by atoms with E-state index in [1.807, 2.05) is 49.4 Å². The lowest BCUT2D eigenvalue weighted by molar-refractivity contribution is -0.128. The van der Waals surface area contributed by atoms with Crippen LogP contribution in [0.1, 0.15) is 27.8 Å². The van der Waals surface area contributed by atoms with E-state index in [1.54, 1.807) is 62.4 Å². The Kier molecular flexibility index (Phi) is 9.39. The minimum absolute atomic E-state index is 0.0506. The summed E-state index contributed by atoms with van der Waals surface area (Å²) in [5.41, 5.74) is 4.21. The van der Waals surface area contributed by atoms with Crippen LogP contribution in [0, 0.1) is 20.8 Å². The fourth-order valence-electron chi connectivity index (χ4n) is 5.46. The maximum absolute atomic E-state index is 14.3. The number of nitrogens with zero attached hydrogens (tertiary/aromatic N) is 2. The van der Waals surface area contributed by atoms with Gasteiger partial charge in [-0.1, -0.05) is 83.9 Å². The molecule has 2 amide bonds. The van der Waals surface area contributed by atoms with E-state index < -0.39 is 28.6 Å². The highest BCUT2D eigenvalue weighted by atomic mass is 35.5. The Bertz CT molecular complexity index is 1760. The number of halogens is 1. The number of nitrogens with one attached hydrogen (secondary N) is 1. The van der Waals surface area contributed by atoms with Gasteiger partial charge in [0.25, 0.3) is 5.91 Å². The van der Waals surface area contributed by atoms with Gasteiger partial charge in [-0.2, -0.15) is 4.31 Å². The van der Waals surface area contributed by atoms with Crippen molar-refractivity contribution in [3.8, 4) is 5.75 Å². The van der Waals surface area contributed by atoms with Crippen molar-refractivity contribution in [3.63, 3.8) is 0 Å². The molecule has 5 rings (SSSR count). The molecule has 1 aliphatic heterocycles. The van der Waals surface area contributed by atoms with Crippen molar-refractivity contribution in [1.29, 1.82) is 0 Å². The monoisotopic (exact) mass is 631 g/mol. The van der Waals surface area contributed by atoms with E-state index in [9.17, 15) is 18.0 Å². The molecule has 1 atom stereocenters. The first-order valence-electron chi connectivity index (χ1n) is 14.2. The molecule has 0 aliphatic carbocycles. The zero-order chi connectivity index (χ0) is 31.4. The molecule has 0 fully saturated rings. The van der Waals surface area contributed by atoms with Gasteiger partial charge in [0, 0.05) is 18.1 Å². The summed E-state index contributed by atoms with van der Waals surface area (Å²) in [5.74, 6) is -0.497. The molecule has 4 aromatic carbocycles. The third-order valence-corrected chi connectivity index (χ3v) is 9.81. The number of carbonyl (C=O) groups excluding carboxylic acids is 2. The number of hydrogen-bond acceptors (Lipinski definition) is 5. The summed E-state index contributed by atoms with van der Waals surface area (Å²) in [6.45, 7) is 5.15. The van der Waals surface area contributed by atoms with Gasteiger partial charge >= 0.3 is 0 Å². The Balaban J connectivity index is 1.44. The number of sulfonamides is 1. The second kappa shape index (κ2) is 13.2. The third kappa shape index (κ3) is 6.96. The molecular weight excluding hydrogens is 598 g/mol. The molecule has 0 radical (unpaired) electrons. The number of amides is 2. The van der Waals surface area contributed by atoms with Crippen molar-refractivity contribution in [2.45, 2.75) is 44.9 Å². The van der Waals surface area contributed by atoms with Crippen LogP contribution in [0.15, 0.2) is 95.9 Å². The summed E-state index contributed by atoms with van der Waals surface area (Å²) in [6.07, 6.45) is -0.986. The molecule has 8 nitrogen and oxygen atoms in total. The van der Waals surface area contributed by atoms with Crippen molar-refractivity contribution in [2.24, 2.45) is 0 Å². The van der Waals surface area contributed by atoms with Gasteiger partial charge in [-0.3, -0.25) is 9.59 Å². The topological polar surface area (TPSA) is 96.0 Å². The number of anilines is 1. The summed E-state index contributed by atoms with van der Waals surface area (Å²) < 4.78 is 35.7. The van der Waals surface area contributed by atoms with E-state index >= 15 is 0 Å². The molecule has 44 heavy (non-hydrogen) atoms. The lowest BCUT2D eigenvalue weighted by Gasteiger charge is -2.35. The van der Waals surface area contributed by atoms with Crippen molar-refractivity contribution >= 4 is 39.1 Å². The predicted octanol–water partition coefficient (Wildman–Crippen LogP) is 5.57. The van der Waals surface area contributed by atoms with E-state index in [1.165, 1.54) is 9.21 Å². The molecule has 1 N–H and O–H groups in total. The maximum atomic E-state index is 14.3. The standard InChI is InChI=1S/C34H34ClN3O5S/c1-23-17-24(2)33(25(3)18-23)44(41,42)37(20-27-13-15-28(35)16-14-27)22-32(39)38-21-31(43-30-12-8-7-11-29(30)38)34(40)36-19-26-9-5-4-6-10-26/h4-18,31H,19-22H2,1-3H3,(H,36,40)/t31-/m1/s1. The quantitative estimate of drug-likeness (QED) is 0.261. The average molecular weight is 632 g/mol. The fourth-order valence-corrected chi connectivity index (χ4v) is 7.38. The lowest BCUT2D eigenvalue weighted by atomic mass is 10.1. The van der Waals surface area contributed by atoms with E-state index in [4.69, 9.17) is 16.3 Å². The average Bonchev–Trinajstić information content (AvgIpc) is 2.99. The number of benzene rings is 4. The van der Waals surface area contributed by atoms with Crippen molar-refractivity contribution in [2.75, 3.05) is 18.0 Å². The highest BCUT2D eigenvalue weighted by molar-refractivity contribution is 7.89. The van der Waals surface area contributed by atoms with E-state index in [0.717, 1.165) is 11.1 Å². The Morgan fingerprint density at radius 3 is 2.23 bits per heavy atom. The zero-order valence-corrected chi connectivity index (χ0v) is 26.4. The predicted molar refractivity (Wildman–Crippen MR) is 171 cm³/mol. The van der Waals surface area contributed by atoms with E-state index in [-0.39, 0.29) is 23.9 Å². The van der Waals surface area contributed by atoms with Crippen LogP contribution in [0.4, 0.5) is 5.69 Å². The molecule has 1 aliphatic rings. The molecule has 0 saturated carbocycles. The van der Waals surface area contributed by atoms with E-state index in [0.29, 0.717) is 39.7 Å². The Labute approximate surface area is 263 Å². The maximum Gasteiger partial charge on any atom is 0.263 e. The van der Waals surface area contributed by atoms with Crippen LogP contribution in [-0.2, 0) is 32.7 Å². The number of para-hydroxylation sites is 2. The number of aryl methyl sites for hydroxylation is 3. The zero-order valence-electron chi connectivity index (χ0n) is 24.8. The molecule has 1 heterocycles. The van der Waals surface area contributed by atoms with Crippen LogP contribution < -0.4 is 15.0 Å². The van der Waals surface area contributed by atoms with Gasteiger partial charge in [0.1, 0.15) is 5.75 Å². The van der Waals surface area contributed by atoms with Crippen LogP contribution in [-0.4, -0.2) is 43.7 Å². The van der Waals surface area contributed by atoms with Gasteiger partial charge < -0.3 is 15.0 Å². The number of carbonyl (C=O) groups is 2. The van der Waals surface area contributed by atoms with Gasteiger partial charge in [-0.15, -0.1) is 0 Å². The highest BCUT2D eigenvalue weighted by Crippen LogP contribution is 2.34. The Morgan fingerprint density at radius 1 is 0.909 bits per heavy atom. The van der Waals surface area contributed by atoms with Crippen LogP contribution in [0.25, 0.3) is 0 Å². The lowest BCUT2D eigenvalue weighted by Crippen LogP contribution is -2.52. The fraction of sp³-hybridized carbons (Fsp3) is 0.235. The highest BCUT2D eigenvalue weighted by Gasteiger charge is 2.37. The molecule has 228 valence electrons. The first kappa shape index (κ1) is 31.3. The van der Waals surface area contributed by atoms with Crippen LogP contribution in [0.2, 0.25) is 5.02 Å². The molecule has 0 spiro atoms. The first-order chi connectivity index (χ1) is 21.0.